The number of thioether (sulfide) groups is 1. The van der Waals surface area contributed by atoms with Gasteiger partial charge in [0.2, 0.25) is 0 Å². The molecule has 0 aliphatic heterocycles. The fourth-order valence-corrected chi connectivity index (χ4v) is 2.50. The third kappa shape index (κ3) is 4.04. The Hall–Kier alpha value is -1.94. The molecule has 0 fully saturated rings. The smallest absolute Gasteiger partial charge is 0.265 e. The van der Waals surface area contributed by atoms with Gasteiger partial charge in [-0.25, -0.2) is 0 Å². The maximum Gasteiger partial charge on any atom is 0.265 e. The molecular weight excluding hydrogens is 294 g/mol. The topological polar surface area (TPSA) is 38.3 Å². The molecule has 22 heavy (non-hydrogen) atoms. The highest BCUT2D eigenvalue weighted by atomic mass is 32.2. The van der Waals surface area contributed by atoms with E-state index in [1.165, 1.54) is 0 Å². The molecule has 0 aliphatic rings. The highest BCUT2D eigenvalue weighted by molar-refractivity contribution is 7.98. The van der Waals surface area contributed by atoms with Crippen molar-refractivity contribution in [2.45, 2.75) is 31.8 Å². The average molecular weight is 315 g/mol. The van der Waals surface area contributed by atoms with E-state index in [9.17, 15) is 4.79 Å². The van der Waals surface area contributed by atoms with Crippen LogP contribution in [0.25, 0.3) is 0 Å². The van der Waals surface area contributed by atoms with Crippen molar-refractivity contribution in [3.63, 3.8) is 0 Å². The van der Waals surface area contributed by atoms with E-state index in [-0.39, 0.29) is 5.91 Å². The molecule has 1 amide bonds. The van der Waals surface area contributed by atoms with Crippen molar-refractivity contribution in [3.05, 3.63) is 53.6 Å². The van der Waals surface area contributed by atoms with Crippen molar-refractivity contribution in [1.82, 2.24) is 0 Å². The zero-order valence-electron chi connectivity index (χ0n) is 13.3. The van der Waals surface area contributed by atoms with Crippen LogP contribution in [-0.2, 0) is 4.79 Å². The largest absolute Gasteiger partial charge is 0.481 e. The number of aryl methyl sites for hydroxylation is 1. The Bertz CT molecular complexity index is 670. The molecule has 4 heteroatoms. The maximum atomic E-state index is 12.3. The van der Waals surface area contributed by atoms with Gasteiger partial charge in [0.15, 0.2) is 6.10 Å². The molecule has 0 heterocycles. The molecule has 0 aliphatic carbocycles. The van der Waals surface area contributed by atoms with Crippen LogP contribution in [0.4, 0.5) is 5.69 Å². The zero-order valence-corrected chi connectivity index (χ0v) is 14.2. The minimum Gasteiger partial charge on any atom is -0.481 e. The number of anilines is 1. The van der Waals surface area contributed by atoms with Gasteiger partial charge in [-0.05, 0) is 62.4 Å². The first kappa shape index (κ1) is 16.4. The van der Waals surface area contributed by atoms with E-state index >= 15 is 0 Å². The fourth-order valence-electron chi connectivity index (χ4n) is 2.04. The average Bonchev–Trinajstić information content (AvgIpc) is 2.52. The molecule has 0 bridgehead atoms. The summed E-state index contributed by atoms with van der Waals surface area (Å²) in [7, 11) is 0. The summed E-state index contributed by atoms with van der Waals surface area (Å²) in [5, 5.41) is 2.89. The molecule has 1 N–H and O–H groups in total. The lowest BCUT2D eigenvalue weighted by atomic mass is 10.1. The van der Waals surface area contributed by atoms with Crippen LogP contribution < -0.4 is 10.1 Å². The number of carbonyl (C=O) groups is 1. The molecule has 0 spiro atoms. The first-order valence-electron chi connectivity index (χ1n) is 7.19. The third-order valence-corrected chi connectivity index (χ3v) is 4.29. The van der Waals surface area contributed by atoms with Crippen molar-refractivity contribution in [3.8, 4) is 5.75 Å². The molecular formula is C18H21NO2S. The SMILES string of the molecule is CSc1cccc(NC(=O)[C@@H](C)Oc2cccc(C)c2C)c1. The van der Waals surface area contributed by atoms with Crippen LogP contribution in [0.2, 0.25) is 0 Å². The van der Waals surface area contributed by atoms with Gasteiger partial charge < -0.3 is 10.1 Å². The molecule has 0 saturated carbocycles. The van der Waals surface area contributed by atoms with Gasteiger partial charge in [-0.2, -0.15) is 0 Å². The highest BCUT2D eigenvalue weighted by Crippen LogP contribution is 2.23. The number of hydrogen-bond donors (Lipinski definition) is 1. The Balaban J connectivity index is 2.04. The van der Waals surface area contributed by atoms with Crippen molar-refractivity contribution in [1.29, 1.82) is 0 Å². The van der Waals surface area contributed by atoms with E-state index < -0.39 is 6.10 Å². The summed E-state index contributed by atoms with van der Waals surface area (Å²) in [5.41, 5.74) is 3.00. The Morgan fingerprint density at radius 2 is 1.91 bits per heavy atom. The summed E-state index contributed by atoms with van der Waals surface area (Å²) < 4.78 is 5.80. The van der Waals surface area contributed by atoms with Gasteiger partial charge in [-0.3, -0.25) is 4.79 Å². The van der Waals surface area contributed by atoms with Crippen LogP contribution >= 0.6 is 11.8 Å². The molecule has 2 rings (SSSR count). The van der Waals surface area contributed by atoms with Gasteiger partial charge in [0.05, 0.1) is 0 Å². The van der Waals surface area contributed by atoms with Crippen LogP contribution in [-0.4, -0.2) is 18.3 Å². The summed E-state index contributed by atoms with van der Waals surface area (Å²) in [6.07, 6.45) is 1.45. The normalized spacial score (nSPS) is 11.8. The number of hydrogen-bond acceptors (Lipinski definition) is 3. The zero-order chi connectivity index (χ0) is 16.1. The number of amides is 1. The molecule has 1 atom stereocenters. The number of benzene rings is 2. The summed E-state index contributed by atoms with van der Waals surface area (Å²) in [4.78, 5) is 13.4. The van der Waals surface area contributed by atoms with Gasteiger partial charge >= 0.3 is 0 Å². The van der Waals surface area contributed by atoms with E-state index in [0.29, 0.717) is 0 Å². The van der Waals surface area contributed by atoms with Crippen molar-refractivity contribution in [2.24, 2.45) is 0 Å². The first-order chi connectivity index (χ1) is 10.5. The molecule has 0 aromatic heterocycles. The van der Waals surface area contributed by atoms with E-state index in [1.807, 2.05) is 62.6 Å². The molecule has 3 nitrogen and oxygen atoms in total. The number of nitrogens with one attached hydrogen (secondary N) is 1. The standard InChI is InChI=1S/C18H21NO2S/c1-12-7-5-10-17(13(12)2)21-14(3)18(20)19-15-8-6-9-16(11-15)22-4/h5-11,14H,1-4H3,(H,19,20)/t14-/m1/s1. The van der Waals surface area contributed by atoms with Gasteiger partial charge in [-0.1, -0.05) is 18.2 Å². The molecule has 0 saturated heterocycles. The van der Waals surface area contributed by atoms with E-state index in [4.69, 9.17) is 4.74 Å². The molecule has 2 aromatic carbocycles. The van der Waals surface area contributed by atoms with Crippen LogP contribution in [0.5, 0.6) is 5.75 Å². The number of ether oxygens (including phenoxy) is 1. The summed E-state index contributed by atoms with van der Waals surface area (Å²) in [6.45, 7) is 5.79. The second-order valence-corrected chi connectivity index (χ2v) is 6.06. The maximum absolute atomic E-state index is 12.3. The van der Waals surface area contributed by atoms with Crippen molar-refractivity contribution >= 4 is 23.4 Å². The van der Waals surface area contributed by atoms with Crippen molar-refractivity contribution < 1.29 is 9.53 Å². The molecule has 0 radical (unpaired) electrons. The number of rotatable bonds is 5. The lowest BCUT2D eigenvalue weighted by Crippen LogP contribution is -2.30. The lowest BCUT2D eigenvalue weighted by molar-refractivity contribution is -0.122. The molecule has 0 unspecified atom stereocenters. The second-order valence-electron chi connectivity index (χ2n) is 5.18. The van der Waals surface area contributed by atoms with Gasteiger partial charge in [0.25, 0.3) is 5.91 Å². The number of carbonyl (C=O) groups excluding carboxylic acids is 1. The van der Waals surface area contributed by atoms with E-state index in [2.05, 4.69) is 5.32 Å². The van der Waals surface area contributed by atoms with Gasteiger partial charge in [-0.15, -0.1) is 11.8 Å². The molecule has 2 aromatic rings. The lowest BCUT2D eigenvalue weighted by Gasteiger charge is -2.17. The second kappa shape index (κ2) is 7.36. The van der Waals surface area contributed by atoms with Crippen LogP contribution in [0.1, 0.15) is 18.1 Å². The Kier molecular flexibility index (Phi) is 5.50. The van der Waals surface area contributed by atoms with Gasteiger partial charge in [0, 0.05) is 10.6 Å². The van der Waals surface area contributed by atoms with Crippen LogP contribution in [0.15, 0.2) is 47.4 Å². The monoisotopic (exact) mass is 315 g/mol. The Morgan fingerprint density at radius 3 is 2.64 bits per heavy atom. The summed E-state index contributed by atoms with van der Waals surface area (Å²) >= 11 is 1.64. The summed E-state index contributed by atoms with van der Waals surface area (Å²) in [5.74, 6) is 0.597. The van der Waals surface area contributed by atoms with Crippen LogP contribution in [0.3, 0.4) is 0 Å². The predicted octanol–water partition coefficient (Wildman–Crippen LogP) is 4.43. The predicted molar refractivity (Wildman–Crippen MR) is 92.9 cm³/mol. The first-order valence-corrected chi connectivity index (χ1v) is 8.41. The third-order valence-electron chi connectivity index (χ3n) is 3.57. The van der Waals surface area contributed by atoms with Crippen LogP contribution in [0, 0.1) is 13.8 Å². The Labute approximate surface area is 136 Å². The van der Waals surface area contributed by atoms with E-state index in [0.717, 1.165) is 27.5 Å². The summed E-state index contributed by atoms with van der Waals surface area (Å²) in [6, 6.07) is 13.6. The fraction of sp³-hybridized carbons (Fsp3) is 0.278. The van der Waals surface area contributed by atoms with Gasteiger partial charge in [0.1, 0.15) is 5.75 Å². The van der Waals surface area contributed by atoms with E-state index in [1.54, 1.807) is 18.7 Å². The minimum atomic E-state index is -0.557. The quantitative estimate of drug-likeness (QED) is 0.829. The Morgan fingerprint density at radius 1 is 1.18 bits per heavy atom. The highest BCUT2D eigenvalue weighted by Gasteiger charge is 2.16. The van der Waals surface area contributed by atoms with Crippen molar-refractivity contribution in [2.75, 3.05) is 11.6 Å². The molecule has 116 valence electrons. The minimum absolute atomic E-state index is 0.154.